The highest BCUT2D eigenvalue weighted by atomic mass is 16.7. The van der Waals surface area contributed by atoms with Crippen LogP contribution in [0.1, 0.15) is 32.1 Å². The highest BCUT2D eigenvalue weighted by molar-refractivity contribution is 5.68. The second-order valence-electron chi connectivity index (χ2n) is 6.30. The van der Waals surface area contributed by atoms with E-state index in [1.807, 2.05) is 0 Å². The fourth-order valence-electron chi connectivity index (χ4n) is 3.15. The van der Waals surface area contributed by atoms with Crippen LogP contribution in [0.2, 0.25) is 0 Å². The molecule has 9 nitrogen and oxygen atoms in total. The number of aliphatic hydroxyl groups excluding tert-OH is 5. The lowest BCUT2D eigenvalue weighted by atomic mass is 9.80. The van der Waals surface area contributed by atoms with Gasteiger partial charge >= 0.3 is 5.97 Å². The Morgan fingerprint density at radius 2 is 1.70 bits per heavy atom. The van der Waals surface area contributed by atoms with E-state index in [1.165, 1.54) is 0 Å². The van der Waals surface area contributed by atoms with Crippen molar-refractivity contribution in [3.63, 3.8) is 0 Å². The standard InChI is InChI=1S/C14H24O9/c15-6-8-10(19)11(20)12(21)13(22-8)23-14(5-9(17)18)3-1-7(16)2-4-14/h7-8,10-13,15-16,19-21H,1-6H2,(H,17,18). The third-order valence-corrected chi connectivity index (χ3v) is 4.55. The number of hydrogen-bond acceptors (Lipinski definition) is 8. The van der Waals surface area contributed by atoms with Crippen LogP contribution in [0, 0.1) is 0 Å². The number of carboxylic acid groups (broad SMARTS) is 1. The first-order valence-electron chi connectivity index (χ1n) is 7.66. The van der Waals surface area contributed by atoms with Crippen LogP contribution in [0.3, 0.4) is 0 Å². The summed E-state index contributed by atoms with van der Waals surface area (Å²) in [6.07, 6.45) is -6.80. The molecule has 9 heteroatoms. The first-order valence-corrected chi connectivity index (χ1v) is 7.66. The first kappa shape index (κ1) is 18.5. The van der Waals surface area contributed by atoms with Gasteiger partial charge in [0.05, 0.1) is 24.7 Å². The molecule has 0 amide bonds. The van der Waals surface area contributed by atoms with Gasteiger partial charge in [-0.1, -0.05) is 0 Å². The second-order valence-corrected chi connectivity index (χ2v) is 6.30. The van der Waals surface area contributed by atoms with Gasteiger partial charge in [0.2, 0.25) is 0 Å². The molecule has 5 atom stereocenters. The van der Waals surface area contributed by atoms with Crippen molar-refractivity contribution in [2.24, 2.45) is 0 Å². The minimum Gasteiger partial charge on any atom is -0.481 e. The molecule has 1 saturated heterocycles. The summed E-state index contributed by atoms with van der Waals surface area (Å²) in [6.45, 7) is -0.588. The molecule has 134 valence electrons. The summed E-state index contributed by atoms with van der Waals surface area (Å²) >= 11 is 0. The van der Waals surface area contributed by atoms with Gasteiger partial charge in [-0.15, -0.1) is 0 Å². The van der Waals surface area contributed by atoms with Gasteiger partial charge in [-0.3, -0.25) is 4.79 Å². The molecule has 0 aromatic carbocycles. The van der Waals surface area contributed by atoms with Gasteiger partial charge in [0.15, 0.2) is 6.29 Å². The number of hydrogen-bond donors (Lipinski definition) is 6. The SMILES string of the molecule is O=C(O)CC1(OC2OC(CO)C(O)C(O)C2O)CCC(O)CC1. The zero-order chi connectivity index (χ0) is 17.2. The maximum absolute atomic E-state index is 11.1. The van der Waals surface area contributed by atoms with Crippen molar-refractivity contribution in [3.8, 4) is 0 Å². The Hall–Kier alpha value is -0.810. The number of carboxylic acids is 1. The molecule has 0 spiro atoms. The number of ether oxygens (including phenoxy) is 2. The third-order valence-electron chi connectivity index (χ3n) is 4.55. The van der Waals surface area contributed by atoms with E-state index in [9.17, 15) is 30.3 Å². The minimum absolute atomic E-state index is 0.259. The Labute approximate surface area is 133 Å². The van der Waals surface area contributed by atoms with Crippen molar-refractivity contribution in [1.29, 1.82) is 0 Å². The van der Waals surface area contributed by atoms with Gasteiger partial charge in [0.1, 0.15) is 24.4 Å². The van der Waals surface area contributed by atoms with Crippen molar-refractivity contribution in [2.45, 2.75) is 74.5 Å². The molecule has 2 fully saturated rings. The zero-order valence-corrected chi connectivity index (χ0v) is 12.6. The number of carbonyl (C=O) groups is 1. The Bertz CT molecular complexity index is 405. The summed E-state index contributed by atoms with van der Waals surface area (Å²) in [7, 11) is 0. The summed E-state index contributed by atoms with van der Waals surface area (Å²) in [5.41, 5.74) is -1.14. The van der Waals surface area contributed by atoms with Gasteiger partial charge in [0, 0.05) is 0 Å². The van der Waals surface area contributed by atoms with Gasteiger partial charge < -0.3 is 40.1 Å². The number of aliphatic carboxylic acids is 1. The van der Waals surface area contributed by atoms with Crippen molar-refractivity contribution in [3.05, 3.63) is 0 Å². The molecule has 0 aromatic heterocycles. The molecule has 1 aliphatic carbocycles. The van der Waals surface area contributed by atoms with Gasteiger partial charge in [-0.25, -0.2) is 0 Å². The van der Waals surface area contributed by atoms with E-state index < -0.39 is 55.0 Å². The summed E-state index contributed by atoms with van der Waals surface area (Å²) in [6, 6.07) is 0. The number of rotatable bonds is 5. The van der Waals surface area contributed by atoms with E-state index >= 15 is 0 Å². The maximum Gasteiger partial charge on any atom is 0.306 e. The third kappa shape index (κ3) is 4.18. The average molecular weight is 336 g/mol. The van der Waals surface area contributed by atoms with E-state index in [1.54, 1.807) is 0 Å². The van der Waals surface area contributed by atoms with E-state index in [2.05, 4.69) is 0 Å². The Kier molecular flexibility index (Phi) is 5.95. The van der Waals surface area contributed by atoms with E-state index in [0.29, 0.717) is 12.8 Å². The maximum atomic E-state index is 11.1. The van der Waals surface area contributed by atoms with Crippen LogP contribution < -0.4 is 0 Å². The van der Waals surface area contributed by atoms with Gasteiger partial charge in [-0.05, 0) is 25.7 Å². The predicted molar refractivity (Wildman–Crippen MR) is 74.3 cm³/mol. The fraction of sp³-hybridized carbons (Fsp3) is 0.929. The Morgan fingerprint density at radius 3 is 2.22 bits per heavy atom. The molecular weight excluding hydrogens is 312 g/mol. The summed E-state index contributed by atoms with van der Waals surface area (Å²) in [5, 5.41) is 57.4. The van der Waals surface area contributed by atoms with Crippen LogP contribution in [0.15, 0.2) is 0 Å². The normalized spacial score (nSPS) is 44.9. The molecule has 6 N–H and O–H groups in total. The Balaban J connectivity index is 2.13. The fourth-order valence-corrected chi connectivity index (χ4v) is 3.15. The minimum atomic E-state index is -1.58. The number of aliphatic hydroxyl groups is 5. The van der Waals surface area contributed by atoms with Crippen molar-refractivity contribution >= 4 is 5.97 Å². The molecule has 0 radical (unpaired) electrons. The van der Waals surface area contributed by atoms with Crippen LogP contribution >= 0.6 is 0 Å². The average Bonchev–Trinajstić information content (AvgIpc) is 2.50. The zero-order valence-electron chi connectivity index (χ0n) is 12.6. The summed E-state index contributed by atoms with van der Waals surface area (Å²) < 4.78 is 11.0. The van der Waals surface area contributed by atoms with Crippen LogP contribution in [0.4, 0.5) is 0 Å². The monoisotopic (exact) mass is 336 g/mol. The lowest BCUT2D eigenvalue weighted by molar-refractivity contribution is -0.331. The molecule has 1 heterocycles. The summed E-state index contributed by atoms with van der Waals surface area (Å²) in [4.78, 5) is 11.1. The van der Waals surface area contributed by atoms with Crippen LogP contribution in [0.25, 0.3) is 0 Å². The van der Waals surface area contributed by atoms with Crippen LogP contribution in [-0.4, -0.2) is 85.6 Å². The van der Waals surface area contributed by atoms with Crippen molar-refractivity contribution < 1.29 is 44.9 Å². The smallest absolute Gasteiger partial charge is 0.306 e. The van der Waals surface area contributed by atoms with Crippen molar-refractivity contribution in [1.82, 2.24) is 0 Å². The van der Waals surface area contributed by atoms with E-state index in [4.69, 9.17) is 14.6 Å². The van der Waals surface area contributed by atoms with E-state index in [-0.39, 0.29) is 19.3 Å². The Morgan fingerprint density at radius 1 is 1.09 bits per heavy atom. The molecule has 23 heavy (non-hydrogen) atoms. The molecule has 1 saturated carbocycles. The molecule has 5 unspecified atom stereocenters. The van der Waals surface area contributed by atoms with Gasteiger partial charge in [0.25, 0.3) is 0 Å². The molecular formula is C14H24O9. The lowest BCUT2D eigenvalue weighted by Gasteiger charge is -2.45. The van der Waals surface area contributed by atoms with Crippen molar-refractivity contribution in [2.75, 3.05) is 6.61 Å². The lowest BCUT2D eigenvalue weighted by Crippen LogP contribution is -2.61. The molecule has 1 aliphatic heterocycles. The topological polar surface area (TPSA) is 157 Å². The molecule has 0 bridgehead atoms. The predicted octanol–water partition coefficient (Wildman–Crippen LogP) is -2.05. The van der Waals surface area contributed by atoms with Crippen LogP contribution in [-0.2, 0) is 14.3 Å². The quantitative estimate of drug-likeness (QED) is 0.332. The molecule has 0 aromatic rings. The highest BCUT2D eigenvalue weighted by Gasteiger charge is 2.48. The summed E-state index contributed by atoms with van der Waals surface area (Å²) in [5.74, 6) is -1.09. The molecule has 2 aliphatic rings. The first-order chi connectivity index (χ1) is 10.8. The highest BCUT2D eigenvalue weighted by Crippen LogP contribution is 2.38. The second kappa shape index (κ2) is 7.39. The van der Waals surface area contributed by atoms with Crippen LogP contribution in [0.5, 0.6) is 0 Å². The van der Waals surface area contributed by atoms with E-state index in [0.717, 1.165) is 0 Å². The largest absolute Gasteiger partial charge is 0.481 e. The van der Waals surface area contributed by atoms with Gasteiger partial charge in [-0.2, -0.15) is 0 Å². The molecule has 2 rings (SSSR count).